The highest BCUT2D eigenvalue weighted by atomic mass is 35.5. The van der Waals surface area contributed by atoms with Crippen molar-refractivity contribution in [1.29, 1.82) is 5.26 Å². The van der Waals surface area contributed by atoms with Crippen LogP contribution in [0.3, 0.4) is 0 Å². The zero-order chi connectivity index (χ0) is 38.1. The van der Waals surface area contributed by atoms with Gasteiger partial charge in [-0.25, -0.2) is 27.4 Å². The molecule has 2 amide bonds. The maximum absolute atomic E-state index is 15.8. The number of piperazine rings is 1. The van der Waals surface area contributed by atoms with Gasteiger partial charge in [0.25, 0.3) is 0 Å². The summed E-state index contributed by atoms with van der Waals surface area (Å²) in [6.45, 7) is 10.2. The second-order valence-corrected chi connectivity index (χ2v) is 17.0. The first kappa shape index (κ1) is 39.6. The first-order valence-electron chi connectivity index (χ1n) is 16.4. The van der Waals surface area contributed by atoms with Crippen LogP contribution in [0, 0.1) is 17.1 Å². The Bertz CT molecular complexity index is 1860. The molecule has 1 aliphatic heterocycles. The third-order valence-electron chi connectivity index (χ3n) is 8.40. The van der Waals surface area contributed by atoms with Crippen LogP contribution in [0.15, 0.2) is 17.3 Å². The SMILES string of the molecule is COC(=O)C1(Cc2nc(S(C)(=O)=O)nc(N3CCN(C(=O)OC(C)(C)C)[C@@H](CC#N)C3)c2NC(=O)OC(C)(C)C)CCCc2c(Cl)ccc(F)c21. The molecule has 0 spiro atoms. The van der Waals surface area contributed by atoms with E-state index in [9.17, 15) is 28.1 Å². The number of hydrogen-bond acceptors (Lipinski definition) is 12. The molecular weight excluding hydrogens is 707 g/mol. The molecule has 4 rings (SSSR count). The number of halogens is 2. The topological polar surface area (TPSA) is 181 Å². The van der Waals surface area contributed by atoms with E-state index < -0.39 is 68.0 Å². The molecule has 2 aliphatic rings. The van der Waals surface area contributed by atoms with E-state index in [0.717, 1.165) is 19.4 Å². The number of amides is 2. The normalized spacial score (nSPS) is 19.4. The summed E-state index contributed by atoms with van der Waals surface area (Å²) >= 11 is 6.51. The van der Waals surface area contributed by atoms with Crippen molar-refractivity contribution in [2.75, 3.05) is 43.2 Å². The molecule has 2 aromatic rings. The van der Waals surface area contributed by atoms with Gasteiger partial charge < -0.3 is 24.0 Å². The van der Waals surface area contributed by atoms with E-state index >= 15 is 4.39 Å². The van der Waals surface area contributed by atoms with Crippen molar-refractivity contribution in [3.8, 4) is 6.07 Å². The van der Waals surface area contributed by atoms with Crippen molar-refractivity contribution >= 4 is 51.1 Å². The number of carbonyl (C=O) groups excluding carboxylic acids is 3. The molecule has 0 saturated carbocycles. The Labute approximate surface area is 302 Å². The van der Waals surface area contributed by atoms with Gasteiger partial charge in [-0.05, 0) is 78.5 Å². The van der Waals surface area contributed by atoms with Gasteiger partial charge in [-0.3, -0.25) is 10.1 Å². The fourth-order valence-corrected chi connectivity index (χ4v) is 7.18. The van der Waals surface area contributed by atoms with Crippen molar-refractivity contribution < 1.29 is 41.4 Å². The summed E-state index contributed by atoms with van der Waals surface area (Å²) in [5.74, 6) is -1.59. The molecule has 1 N–H and O–H groups in total. The summed E-state index contributed by atoms with van der Waals surface area (Å²) in [5.41, 5.74) is -3.31. The lowest BCUT2D eigenvalue weighted by Crippen LogP contribution is -2.56. The number of sulfone groups is 1. The zero-order valence-electron chi connectivity index (χ0n) is 30.1. The third kappa shape index (κ3) is 8.99. The molecule has 1 saturated heterocycles. The highest BCUT2D eigenvalue weighted by Crippen LogP contribution is 2.46. The summed E-state index contributed by atoms with van der Waals surface area (Å²) in [4.78, 5) is 52.2. The molecular formula is C34H44ClFN6O8S. The van der Waals surface area contributed by atoms with Crippen LogP contribution in [0.4, 0.5) is 25.5 Å². The average Bonchev–Trinajstić information content (AvgIpc) is 3.01. The molecule has 17 heteroatoms. The van der Waals surface area contributed by atoms with Gasteiger partial charge in [0.15, 0.2) is 5.82 Å². The number of carbonyl (C=O) groups is 3. The van der Waals surface area contributed by atoms with Crippen molar-refractivity contribution in [3.05, 3.63) is 39.8 Å². The number of methoxy groups -OCH3 is 1. The Balaban J connectivity index is 1.96. The average molecular weight is 751 g/mol. The number of benzene rings is 1. The van der Waals surface area contributed by atoms with Crippen LogP contribution in [0.1, 0.15) is 77.6 Å². The van der Waals surface area contributed by atoms with Gasteiger partial charge in [-0.2, -0.15) is 10.2 Å². The van der Waals surface area contributed by atoms with Crippen LogP contribution >= 0.6 is 11.6 Å². The monoisotopic (exact) mass is 750 g/mol. The minimum Gasteiger partial charge on any atom is -0.468 e. The van der Waals surface area contributed by atoms with E-state index in [0.29, 0.717) is 18.4 Å². The maximum atomic E-state index is 15.8. The Morgan fingerprint density at radius 1 is 1.12 bits per heavy atom. The molecule has 0 radical (unpaired) electrons. The van der Waals surface area contributed by atoms with E-state index in [1.165, 1.54) is 11.0 Å². The highest BCUT2D eigenvalue weighted by Gasteiger charge is 2.49. The largest absolute Gasteiger partial charge is 0.468 e. The number of hydrogen-bond donors (Lipinski definition) is 1. The molecule has 2 atom stereocenters. The van der Waals surface area contributed by atoms with Gasteiger partial charge in [-0.15, -0.1) is 0 Å². The lowest BCUT2D eigenvalue weighted by atomic mass is 9.67. The lowest BCUT2D eigenvalue weighted by Gasteiger charge is -2.42. The Morgan fingerprint density at radius 2 is 1.78 bits per heavy atom. The van der Waals surface area contributed by atoms with Crippen LogP contribution in [0.5, 0.6) is 0 Å². The Morgan fingerprint density at radius 3 is 2.37 bits per heavy atom. The lowest BCUT2D eigenvalue weighted by molar-refractivity contribution is -0.148. The fraction of sp³-hybridized carbons (Fsp3) is 0.588. The predicted octanol–water partition coefficient (Wildman–Crippen LogP) is 5.35. The molecule has 14 nitrogen and oxygen atoms in total. The van der Waals surface area contributed by atoms with Gasteiger partial charge in [0, 0.05) is 42.9 Å². The minimum absolute atomic E-state index is 0.00237. The summed E-state index contributed by atoms with van der Waals surface area (Å²) in [5, 5.41) is 12.0. The highest BCUT2D eigenvalue weighted by molar-refractivity contribution is 7.90. The van der Waals surface area contributed by atoms with Crippen molar-refractivity contribution in [2.24, 2.45) is 0 Å². The molecule has 1 fully saturated rings. The number of nitrogens with one attached hydrogen (secondary N) is 1. The fourth-order valence-electron chi connectivity index (χ4n) is 6.40. The molecule has 1 unspecified atom stereocenters. The van der Waals surface area contributed by atoms with E-state index in [4.69, 9.17) is 25.8 Å². The second kappa shape index (κ2) is 14.8. The van der Waals surface area contributed by atoms with Crippen molar-refractivity contribution in [3.63, 3.8) is 0 Å². The number of ether oxygens (including phenoxy) is 3. The number of esters is 1. The Kier molecular flexibility index (Phi) is 11.5. The number of fused-ring (bicyclic) bond motifs is 1. The van der Waals surface area contributed by atoms with Crippen molar-refractivity contribution in [1.82, 2.24) is 14.9 Å². The first-order valence-corrected chi connectivity index (χ1v) is 18.7. The van der Waals surface area contributed by atoms with E-state index in [2.05, 4.69) is 21.4 Å². The van der Waals surface area contributed by atoms with Gasteiger partial charge in [0.2, 0.25) is 15.0 Å². The van der Waals surface area contributed by atoms with Crippen LogP contribution in [-0.4, -0.2) is 91.7 Å². The maximum Gasteiger partial charge on any atom is 0.412 e. The summed E-state index contributed by atoms with van der Waals surface area (Å²) in [6, 6.07) is 3.91. The number of nitriles is 1. The van der Waals surface area contributed by atoms with Gasteiger partial charge >= 0.3 is 18.2 Å². The number of rotatable bonds is 7. The molecule has 278 valence electrons. The van der Waals surface area contributed by atoms with Crippen LogP contribution in [0.2, 0.25) is 5.02 Å². The molecule has 2 heterocycles. The minimum atomic E-state index is -4.13. The van der Waals surface area contributed by atoms with E-state index in [1.54, 1.807) is 46.4 Å². The molecule has 1 aliphatic carbocycles. The van der Waals surface area contributed by atoms with Crippen LogP contribution in [0.25, 0.3) is 0 Å². The standard InChI is InChI=1S/C34H44ClFN6O8S/c1-32(2,3)49-30(44)39-26-24(18-34(28(43)48-7)14-9-10-21-22(35)11-12-23(36)25(21)34)38-29(51(8,46)47)40-27(26)41-16-17-42(20(19-41)13-15-37)31(45)50-33(4,5)6/h11-12,20H,9-10,13-14,16-19H2,1-8H3,(H,39,44)/t20-,34?/m0/s1. The van der Waals surface area contributed by atoms with Crippen LogP contribution < -0.4 is 10.2 Å². The quantitative estimate of drug-likeness (QED) is 0.218. The Hall–Kier alpha value is -4.23. The molecule has 51 heavy (non-hydrogen) atoms. The van der Waals surface area contributed by atoms with Gasteiger partial charge in [0.1, 0.15) is 28.1 Å². The summed E-state index contributed by atoms with van der Waals surface area (Å²) < 4.78 is 58.4. The van der Waals surface area contributed by atoms with E-state index in [-0.39, 0.29) is 60.3 Å². The molecule has 1 aromatic heterocycles. The number of aromatic nitrogens is 2. The molecule has 1 aromatic carbocycles. The smallest absolute Gasteiger partial charge is 0.412 e. The summed E-state index contributed by atoms with van der Waals surface area (Å²) in [6.07, 6.45) is -0.336. The first-order chi connectivity index (χ1) is 23.6. The zero-order valence-corrected chi connectivity index (χ0v) is 31.6. The molecule has 0 bridgehead atoms. The number of anilines is 2. The summed E-state index contributed by atoms with van der Waals surface area (Å²) in [7, 11) is -2.97. The van der Waals surface area contributed by atoms with Crippen molar-refractivity contribution in [2.45, 2.75) is 101 Å². The predicted molar refractivity (Wildman–Crippen MR) is 186 cm³/mol. The third-order valence-corrected chi connectivity index (χ3v) is 9.60. The second-order valence-electron chi connectivity index (χ2n) is 14.7. The van der Waals surface area contributed by atoms with Gasteiger partial charge in [-0.1, -0.05) is 11.6 Å². The van der Waals surface area contributed by atoms with E-state index in [1.807, 2.05) is 0 Å². The van der Waals surface area contributed by atoms with Gasteiger partial charge in [0.05, 0.1) is 31.3 Å². The number of nitrogens with zero attached hydrogens (tertiary/aromatic N) is 5. The van der Waals surface area contributed by atoms with Crippen LogP contribution in [-0.2, 0) is 47.1 Å².